The average molecular weight is 193 g/mol. The van der Waals surface area contributed by atoms with Crippen LogP contribution in [0.2, 0.25) is 18.6 Å². The van der Waals surface area contributed by atoms with E-state index in [-0.39, 0.29) is 0 Å². The molecule has 11 heavy (non-hydrogen) atoms. The van der Waals surface area contributed by atoms with Crippen molar-refractivity contribution >= 4 is 18.5 Å². The minimum atomic E-state index is -1.36. The molecule has 0 amide bonds. The second kappa shape index (κ2) is 4.51. The Hall–Kier alpha value is 0.507. The summed E-state index contributed by atoms with van der Waals surface area (Å²) in [5.41, 5.74) is 0. The fourth-order valence-corrected chi connectivity index (χ4v) is 7.21. The van der Waals surface area contributed by atoms with Gasteiger partial charge >= 0.3 is 0 Å². The van der Waals surface area contributed by atoms with Crippen molar-refractivity contribution in [2.75, 3.05) is 0 Å². The molecule has 0 aromatic heterocycles. The van der Waals surface area contributed by atoms with E-state index < -0.39 is 7.38 Å². The zero-order valence-corrected chi connectivity index (χ0v) is 10.2. The number of hydrogen-bond donors (Lipinski definition) is 0. The van der Waals surface area contributed by atoms with Crippen molar-refractivity contribution in [1.29, 1.82) is 0 Å². The Kier molecular flexibility index (Phi) is 4.72. The van der Waals surface area contributed by atoms with Crippen LogP contribution in [0.5, 0.6) is 0 Å². The van der Waals surface area contributed by atoms with Gasteiger partial charge in [0, 0.05) is 0 Å². The van der Waals surface area contributed by atoms with Gasteiger partial charge in [-0.2, -0.15) is 11.1 Å². The highest BCUT2D eigenvalue weighted by atomic mass is 35.6. The van der Waals surface area contributed by atoms with Gasteiger partial charge in [-0.1, -0.05) is 34.2 Å². The quantitative estimate of drug-likeness (QED) is 0.465. The molecule has 0 N–H and O–H groups in total. The summed E-state index contributed by atoms with van der Waals surface area (Å²) < 4.78 is 0. The van der Waals surface area contributed by atoms with E-state index in [1.54, 1.807) is 0 Å². The molecule has 0 aliphatic rings. The predicted molar refractivity (Wildman–Crippen MR) is 56.8 cm³/mol. The van der Waals surface area contributed by atoms with E-state index in [4.69, 9.17) is 11.1 Å². The van der Waals surface area contributed by atoms with Crippen LogP contribution < -0.4 is 0 Å². The van der Waals surface area contributed by atoms with Gasteiger partial charge in [0.2, 0.25) is 0 Å². The number of halogens is 1. The molecule has 0 radical (unpaired) electrons. The highest BCUT2D eigenvalue weighted by Gasteiger charge is 2.26. The van der Waals surface area contributed by atoms with Crippen molar-refractivity contribution in [2.45, 2.75) is 46.3 Å². The first kappa shape index (κ1) is 11.5. The van der Waals surface area contributed by atoms with Gasteiger partial charge in [-0.3, -0.25) is 0 Å². The Balaban J connectivity index is 3.79. The SMILES string of the molecule is CC(C)C[Si](C)(Cl)CC(C)C. The molecule has 0 saturated heterocycles. The number of rotatable bonds is 4. The topological polar surface area (TPSA) is 0 Å². The molecule has 0 aromatic rings. The molecule has 0 heterocycles. The Bertz CT molecular complexity index is 96.1. The summed E-state index contributed by atoms with van der Waals surface area (Å²) in [7, 11) is -1.36. The van der Waals surface area contributed by atoms with Crippen LogP contribution in [0, 0.1) is 11.8 Å². The third-order valence-corrected chi connectivity index (χ3v) is 5.93. The standard InChI is InChI=1S/C9H21ClSi/c1-8(2)6-11(5,10)7-9(3)4/h8-9H,6-7H2,1-5H3. The molecule has 68 valence electrons. The monoisotopic (exact) mass is 192 g/mol. The molecule has 2 heteroatoms. The van der Waals surface area contributed by atoms with E-state index in [0.717, 1.165) is 11.8 Å². The first-order chi connectivity index (χ1) is 4.83. The summed E-state index contributed by atoms with van der Waals surface area (Å²) >= 11 is 6.47. The Morgan fingerprint density at radius 3 is 1.45 bits per heavy atom. The van der Waals surface area contributed by atoms with E-state index in [2.05, 4.69) is 34.2 Å². The van der Waals surface area contributed by atoms with Crippen molar-refractivity contribution in [3.63, 3.8) is 0 Å². The lowest BCUT2D eigenvalue weighted by atomic mass is 10.3. The van der Waals surface area contributed by atoms with Crippen LogP contribution in [0.1, 0.15) is 27.7 Å². The van der Waals surface area contributed by atoms with Crippen molar-refractivity contribution in [1.82, 2.24) is 0 Å². The van der Waals surface area contributed by atoms with E-state index in [9.17, 15) is 0 Å². The van der Waals surface area contributed by atoms with Crippen LogP contribution in [0.3, 0.4) is 0 Å². The maximum absolute atomic E-state index is 6.47. The minimum absolute atomic E-state index is 0.767. The molecule has 0 saturated carbocycles. The summed E-state index contributed by atoms with van der Waals surface area (Å²) in [4.78, 5) is 0. The highest BCUT2D eigenvalue weighted by molar-refractivity contribution is 7.19. The maximum atomic E-state index is 6.47. The van der Waals surface area contributed by atoms with Crippen LogP contribution >= 0.6 is 11.1 Å². The molecule has 0 atom stereocenters. The zero-order chi connectivity index (χ0) is 9.07. The molecule has 0 aromatic carbocycles. The summed E-state index contributed by atoms with van der Waals surface area (Å²) in [6.45, 7) is 11.3. The molecule has 0 spiro atoms. The van der Waals surface area contributed by atoms with Crippen molar-refractivity contribution in [2.24, 2.45) is 11.8 Å². The molecule has 0 unspecified atom stereocenters. The molecule has 0 nitrogen and oxygen atoms in total. The molecular weight excluding hydrogens is 172 g/mol. The fraction of sp³-hybridized carbons (Fsp3) is 1.00. The van der Waals surface area contributed by atoms with Gasteiger partial charge in [0.1, 0.15) is 0 Å². The lowest BCUT2D eigenvalue weighted by Gasteiger charge is -2.23. The van der Waals surface area contributed by atoms with Gasteiger partial charge in [-0.05, 0) is 23.9 Å². The predicted octanol–water partition coefficient (Wildman–Crippen LogP) is 4.11. The smallest absolute Gasteiger partial charge is 0.154 e. The Labute approximate surface area is 77.0 Å². The second-order valence-electron chi connectivity index (χ2n) is 4.61. The maximum Gasteiger partial charge on any atom is 0.154 e. The van der Waals surface area contributed by atoms with Crippen LogP contribution in [-0.2, 0) is 0 Å². The molecule has 0 rings (SSSR count). The summed E-state index contributed by atoms with van der Waals surface area (Å²) in [6.07, 6.45) is 0. The van der Waals surface area contributed by atoms with Gasteiger partial charge in [0.15, 0.2) is 7.38 Å². The van der Waals surface area contributed by atoms with Crippen molar-refractivity contribution in [3.05, 3.63) is 0 Å². The van der Waals surface area contributed by atoms with E-state index in [1.165, 1.54) is 12.1 Å². The summed E-state index contributed by atoms with van der Waals surface area (Å²) in [5.74, 6) is 1.53. The van der Waals surface area contributed by atoms with Crippen LogP contribution in [-0.4, -0.2) is 7.38 Å². The average Bonchev–Trinajstić information content (AvgIpc) is 1.53. The van der Waals surface area contributed by atoms with Gasteiger partial charge < -0.3 is 0 Å². The third-order valence-electron chi connectivity index (χ3n) is 1.67. The largest absolute Gasteiger partial charge is 0.167 e. The summed E-state index contributed by atoms with van der Waals surface area (Å²) in [6, 6.07) is 2.51. The van der Waals surface area contributed by atoms with Crippen molar-refractivity contribution < 1.29 is 0 Å². The molecule has 0 fully saturated rings. The first-order valence-corrected chi connectivity index (χ1v) is 8.45. The highest BCUT2D eigenvalue weighted by Crippen LogP contribution is 2.28. The van der Waals surface area contributed by atoms with E-state index in [0.29, 0.717) is 0 Å². The Morgan fingerprint density at radius 2 is 1.27 bits per heavy atom. The number of hydrogen-bond acceptors (Lipinski definition) is 0. The Morgan fingerprint density at radius 1 is 1.00 bits per heavy atom. The molecule has 0 aliphatic carbocycles. The van der Waals surface area contributed by atoms with Gasteiger partial charge in [0.05, 0.1) is 0 Å². The minimum Gasteiger partial charge on any atom is -0.167 e. The van der Waals surface area contributed by atoms with Crippen LogP contribution in [0.15, 0.2) is 0 Å². The van der Waals surface area contributed by atoms with Crippen molar-refractivity contribution in [3.8, 4) is 0 Å². The van der Waals surface area contributed by atoms with E-state index in [1.807, 2.05) is 0 Å². The van der Waals surface area contributed by atoms with Gasteiger partial charge in [-0.25, -0.2) is 0 Å². The van der Waals surface area contributed by atoms with Crippen LogP contribution in [0.4, 0.5) is 0 Å². The lowest BCUT2D eigenvalue weighted by molar-refractivity contribution is 0.688. The van der Waals surface area contributed by atoms with Crippen LogP contribution in [0.25, 0.3) is 0 Å². The zero-order valence-electron chi connectivity index (χ0n) is 8.45. The first-order valence-electron chi connectivity index (χ1n) is 4.52. The summed E-state index contributed by atoms with van der Waals surface area (Å²) in [5, 5.41) is 0. The third kappa shape index (κ3) is 6.89. The second-order valence-corrected chi connectivity index (χ2v) is 11.0. The van der Waals surface area contributed by atoms with Gasteiger partial charge in [-0.15, -0.1) is 0 Å². The normalized spacial score (nSPS) is 13.1. The fourth-order valence-electron chi connectivity index (χ4n) is 1.79. The molecular formula is C9H21ClSi. The molecule has 0 bridgehead atoms. The van der Waals surface area contributed by atoms with Gasteiger partial charge in [0.25, 0.3) is 0 Å². The molecule has 0 aliphatic heterocycles. The van der Waals surface area contributed by atoms with E-state index >= 15 is 0 Å². The lowest BCUT2D eigenvalue weighted by Crippen LogP contribution is -2.25.